The summed E-state index contributed by atoms with van der Waals surface area (Å²) in [5.74, 6) is 0. The lowest BCUT2D eigenvalue weighted by Gasteiger charge is -2.06. The smallest absolute Gasteiger partial charge is 0.0205 e. The Hall–Kier alpha value is -1.12. The molecule has 0 spiro atoms. The predicted octanol–water partition coefficient (Wildman–Crippen LogP) is 4.62. The molecule has 18 heavy (non-hydrogen) atoms. The van der Waals surface area contributed by atoms with Crippen molar-refractivity contribution >= 4 is 15.9 Å². The first kappa shape index (κ1) is 13.3. The second kappa shape index (κ2) is 6.72. The minimum Gasteiger partial charge on any atom is -0.313 e. The van der Waals surface area contributed by atoms with Crippen LogP contribution in [0.15, 0.2) is 53.0 Å². The first-order valence-electron chi connectivity index (χ1n) is 6.35. The second-order valence-electron chi connectivity index (χ2n) is 4.38. The van der Waals surface area contributed by atoms with Gasteiger partial charge in [0.05, 0.1) is 0 Å². The van der Waals surface area contributed by atoms with Gasteiger partial charge in [-0.2, -0.15) is 0 Å². The highest BCUT2D eigenvalue weighted by molar-refractivity contribution is 9.10. The normalized spacial score (nSPS) is 10.6. The summed E-state index contributed by atoms with van der Waals surface area (Å²) in [6.45, 7) is 4.21. The van der Waals surface area contributed by atoms with Gasteiger partial charge in [0, 0.05) is 11.0 Å². The fourth-order valence-corrected chi connectivity index (χ4v) is 2.29. The molecule has 1 N–H and O–H groups in total. The minimum absolute atomic E-state index is 0.951. The zero-order valence-corrected chi connectivity index (χ0v) is 12.2. The summed E-state index contributed by atoms with van der Waals surface area (Å²) in [4.78, 5) is 0. The van der Waals surface area contributed by atoms with Gasteiger partial charge in [-0.05, 0) is 41.8 Å². The molecule has 2 heteroatoms. The van der Waals surface area contributed by atoms with Crippen molar-refractivity contribution in [1.29, 1.82) is 0 Å². The fourth-order valence-electron chi connectivity index (χ4n) is 1.89. The highest BCUT2D eigenvalue weighted by Gasteiger charge is 1.98. The van der Waals surface area contributed by atoms with E-state index in [1.54, 1.807) is 0 Å². The third-order valence-electron chi connectivity index (χ3n) is 2.87. The molecule has 1 nitrogen and oxygen atoms in total. The van der Waals surface area contributed by atoms with E-state index in [-0.39, 0.29) is 0 Å². The van der Waals surface area contributed by atoms with Crippen molar-refractivity contribution in [1.82, 2.24) is 5.32 Å². The Morgan fingerprint density at radius 2 is 1.78 bits per heavy atom. The van der Waals surface area contributed by atoms with Crippen molar-refractivity contribution < 1.29 is 0 Å². The maximum atomic E-state index is 3.51. The molecule has 0 saturated carbocycles. The largest absolute Gasteiger partial charge is 0.313 e. The molecule has 2 aromatic rings. The molecule has 0 aliphatic carbocycles. The molecule has 0 unspecified atom stereocenters. The van der Waals surface area contributed by atoms with E-state index in [4.69, 9.17) is 0 Å². The number of nitrogens with one attached hydrogen (secondary N) is 1. The molecule has 0 aliphatic heterocycles. The molecule has 0 fully saturated rings. The van der Waals surface area contributed by atoms with Crippen molar-refractivity contribution in [3.8, 4) is 11.1 Å². The Bertz CT molecular complexity index is 491. The molecule has 94 valence electrons. The quantitative estimate of drug-likeness (QED) is 0.795. The summed E-state index contributed by atoms with van der Waals surface area (Å²) in [6, 6.07) is 17.1. The third kappa shape index (κ3) is 3.69. The van der Waals surface area contributed by atoms with Crippen LogP contribution in [-0.2, 0) is 6.54 Å². The van der Waals surface area contributed by atoms with E-state index < -0.39 is 0 Å². The lowest BCUT2D eigenvalue weighted by molar-refractivity contribution is 0.675. The summed E-state index contributed by atoms with van der Waals surface area (Å²) < 4.78 is 1.12. The Morgan fingerprint density at radius 3 is 2.44 bits per heavy atom. The Morgan fingerprint density at radius 1 is 1.00 bits per heavy atom. The van der Waals surface area contributed by atoms with Crippen molar-refractivity contribution in [3.05, 3.63) is 58.6 Å². The number of rotatable bonds is 5. The van der Waals surface area contributed by atoms with Crippen LogP contribution in [0.1, 0.15) is 18.9 Å². The maximum absolute atomic E-state index is 3.51. The summed E-state index contributed by atoms with van der Waals surface area (Å²) in [7, 11) is 0. The maximum Gasteiger partial charge on any atom is 0.0205 e. The van der Waals surface area contributed by atoms with E-state index in [2.05, 4.69) is 70.6 Å². The van der Waals surface area contributed by atoms with Gasteiger partial charge in [0.2, 0.25) is 0 Å². The van der Waals surface area contributed by atoms with Gasteiger partial charge in [0.1, 0.15) is 0 Å². The second-order valence-corrected chi connectivity index (χ2v) is 5.30. The van der Waals surface area contributed by atoms with Crippen LogP contribution in [-0.4, -0.2) is 6.54 Å². The monoisotopic (exact) mass is 303 g/mol. The van der Waals surface area contributed by atoms with Crippen LogP contribution in [0.3, 0.4) is 0 Å². The highest BCUT2D eigenvalue weighted by atomic mass is 79.9. The summed E-state index contributed by atoms with van der Waals surface area (Å²) in [5.41, 5.74) is 3.84. The van der Waals surface area contributed by atoms with Gasteiger partial charge in [-0.3, -0.25) is 0 Å². The lowest BCUT2D eigenvalue weighted by atomic mass is 10.0. The zero-order chi connectivity index (χ0) is 12.8. The molecule has 0 saturated heterocycles. The van der Waals surface area contributed by atoms with Crippen molar-refractivity contribution in [2.75, 3.05) is 6.54 Å². The van der Waals surface area contributed by atoms with Crippen LogP contribution in [0.25, 0.3) is 11.1 Å². The van der Waals surface area contributed by atoms with Gasteiger partial charge in [-0.25, -0.2) is 0 Å². The molecule has 0 atom stereocenters. The molecule has 0 aliphatic rings. The standard InChI is InChI=1S/C16H18BrN/c1-2-10-18-12-13-6-8-14(9-7-13)15-4-3-5-16(17)11-15/h3-9,11,18H,2,10,12H2,1H3. The molecular weight excluding hydrogens is 286 g/mol. The average molecular weight is 304 g/mol. The van der Waals surface area contributed by atoms with Crippen LogP contribution in [0.4, 0.5) is 0 Å². The van der Waals surface area contributed by atoms with E-state index in [9.17, 15) is 0 Å². The summed E-state index contributed by atoms with van der Waals surface area (Å²) in [5, 5.41) is 3.41. The molecular formula is C16H18BrN. The first-order valence-corrected chi connectivity index (χ1v) is 7.14. The SMILES string of the molecule is CCCNCc1ccc(-c2cccc(Br)c2)cc1. The highest BCUT2D eigenvalue weighted by Crippen LogP contribution is 2.23. The molecule has 0 aromatic heterocycles. The Labute approximate surface area is 117 Å². The molecule has 0 bridgehead atoms. The number of hydrogen-bond donors (Lipinski definition) is 1. The van der Waals surface area contributed by atoms with Gasteiger partial charge >= 0.3 is 0 Å². The summed E-state index contributed by atoms with van der Waals surface area (Å²) in [6.07, 6.45) is 1.18. The first-order chi connectivity index (χ1) is 8.79. The van der Waals surface area contributed by atoms with Gasteiger partial charge in [0.25, 0.3) is 0 Å². The van der Waals surface area contributed by atoms with Crippen molar-refractivity contribution in [2.24, 2.45) is 0 Å². The number of benzene rings is 2. The van der Waals surface area contributed by atoms with Gasteiger partial charge in [0.15, 0.2) is 0 Å². The van der Waals surface area contributed by atoms with Crippen LogP contribution in [0, 0.1) is 0 Å². The molecule has 0 amide bonds. The van der Waals surface area contributed by atoms with Crippen LogP contribution >= 0.6 is 15.9 Å². The van der Waals surface area contributed by atoms with Crippen LogP contribution in [0.2, 0.25) is 0 Å². The van der Waals surface area contributed by atoms with Crippen LogP contribution < -0.4 is 5.32 Å². The topological polar surface area (TPSA) is 12.0 Å². The third-order valence-corrected chi connectivity index (χ3v) is 3.36. The van der Waals surface area contributed by atoms with E-state index in [1.165, 1.54) is 23.1 Å². The van der Waals surface area contributed by atoms with Gasteiger partial charge in [-0.1, -0.05) is 59.3 Å². The molecule has 2 rings (SSSR count). The molecule has 0 radical (unpaired) electrons. The Kier molecular flexibility index (Phi) is 4.97. The molecule has 0 heterocycles. The van der Waals surface area contributed by atoms with Gasteiger partial charge < -0.3 is 5.32 Å². The Balaban J connectivity index is 2.07. The van der Waals surface area contributed by atoms with E-state index in [0.29, 0.717) is 0 Å². The average Bonchev–Trinajstić information content (AvgIpc) is 2.40. The van der Waals surface area contributed by atoms with Gasteiger partial charge in [-0.15, -0.1) is 0 Å². The number of halogens is 1. The number of hydrogen-bond acceptors (Lipinski definition) is 1. The summed E-state index contributed by atoms with van der Waals surface area (Å²) >= 11 is 3.51. The zero-order valence-electron chi connectivity index (χ0n) is 10.6. The van der Waals surface area contributed by atoms with Crippen molar-refractivity contribution in [3.63, 3.8) is 0 Å². The van der Waals surface area contributed by atoms with E-state index in [1.807, 2.05) is 6.07 Å². The lowest BCUT2D eigenvalue weighted by Crippen LogP contribution is -2.13. The van der Waals surface area contributed by atoms with E-state index in [0.717, 1.165) is 17.6 Å². The van der Waals surface area contributed by atoms with Crippen LogP contribution in [0.5, 0.6) is 0 Å². The van der Waals surface area contributed by atoms with E-state index >= 15 is 0 Å². The molecule has 2 aromatic carbocycles. The predicted molar refractivity (Wildman–Crippen MR) is 81.6 cm³/mol. The minimum atomic E-state index is 0.951. The van der Waals surface area contributed by atoms with Crippen molar-refractivity contribution in [2.45, 2.75) is 19.9 Å². The fraction of sp³-hybridized carbons (Fsp3) is 0.250.